The number of thiophene rings is 1. The highest BCUT2D eigenvalue weighted by Gasteiger charge is 2.42. The lowest BCUT2D eigenvalue weighted by Gasteiger charge is -2.35. The Bertz CT molecular complexity index is 1440. The number of ether oxygens (including phenoxy) is 3. The highest BCUT2D eigenvalue weighted by atomic mass is 32.1. The van der Waals surface area contributed by atoms with Gasteiger partial charge in [0.1, 0.15) is 46.8 Å². The lowest BCUT2D eigenvalue weighted by Crippen LogP contribution is -2.46. The zero-order chi connectivity index (χ0) is 24.6. The van der Waals surface area contributed by atoms with Crippen LogP contribution in [-0.4, -0.2) is 53.6 Å². The van der Waals surface area contributed by atoms with Gasteiger partial charge in [-0.1, -0.05) is 0 Å². The second-order valence-electron chi connectivity index (χ2n) is 8.05. The van der Waals surface area contributed by atoms with Crippen LogP contribution in [0.5, 0.6) is 11.5 Å². The number of fused-ring (bicyclic) bond motifs is 1. The largest absolute Gasteiger partial charge is 0.496 e. The number of rotatable bonds is 8. The summed E-state index contributed by atoms with van der Waals surface area (Å²) in [4.78, 5) is 10.2. The zero-order valence-corrected chi connectivity index (χ0v) is 19.9. The fourth-order valence-electron chi connectivity index (χ4n) is 4.10. The minimum Gasteiger partial charge on any atom is -0.496 e. The SMILES string of the molecule is COc1cc(-c2cc(NCCn3c(C#N)cc4c(OC)ccc(F)c43)ncn2)sc1C1(O)COC1. The third kappa shape index (κ3) is 4.05. The van der Waals surface area contributed by atoms with Crippen LogP contribution in [0.15, 0.2) is 36.7 Å². The van der Waals surface area contributed by atoms with Crippen molar-refractivity contribution in [2.75, 3.05) is 39.3 Å². The maximum atomic E-state index is 14.6. The lowest BCUT2D eigenvalue weighted by molar-refractivity contribution is -0.183. The van der Waals surface area contributed by atoms with Crippen molar-refractivity contribution in [2.24, 2.45) is 0 Å². The smallest absolute Gasteiger partial charge is 0.149 e. The fourth-order valence-corrected chi connectivity index (χ4v) is 5.25. The van der Waals surface area contributed by atoms with Crippen LogP contribution in [0, 0.1) is 17.1 Å². The number of anilines is 1. The van der Waals surface area contributed by atoms with Crippen molar-refractivity contribution in [1.29, 1.82) is 5.26 Å². The van der Waals surface area contributed by atoms with E-state index in [0.29, 0.717) is 57.6 Å². The Kier molecular flexibility index (Phi) is 6.02. The third-order valence-electron chi connectivity index (χ3n) is 5.89. The molecule has 1 aliphatic heterocycles. The number of nitrogens with zero attached hydrogens (tertiary/aromatic N) is 4. The first-order valence-corrected chi connectivity index (χ1v) is 11.6. The molecule has 0 atom stereocenters. The molecule has 5 rings (SSSR count). The van der Waals surface area contributed by atoms with E-state index in [9.17, 15) is 14.8 Å². The molecule has 0 radical (unpaired) electrons. The van der Waals surface area contributed by atoms with Gasteiger partial charge in [-0.15, -0.1) is 11.3 Å². The summed E-state index contributed by atoms with van der Waals surface area (Å²) in [5, 5.41) is 24.0. The average Bonchev–Trinajstić information content (AvgIpc) is 3.46. The Morgan fingerprint density at radius 3 is 2.71 bits per heavy atom. The highest BCUT2D eigenvalue weighted by Crippen LogP contribution is 2.44. The molecule has 1 saturated heterocycles. The number of methoxy groups -OCH3 is 2. The highest BCUT2D eigenvalue weighted by molar-refractivity contribution is 7.16. The lowest BCUT2D eigenvalue weighted by atomic mass is 10.00. The monoisotopic (exact) mass is 495 g/mol. The number of nitriles is 1. The van der Waals surface area contributed by atoms with Crippen molar-refractivity contribution in [1.82, 2.24) is 14.5 Å². The molecule has 0 aliphatic carbocycles. The molecule has 11 heteroatoms. The number of hydrogen-bond acceptors (Lipinski definition) is 9. The van der Waals surface area contributed by atoms with Gasteiger partial charge in [0.15, 0.2) is 0 Å². The van der Waals surface area contributed by atoms with Crippen LogP contribution in [-0.2, 0) is 16.9 Å². The first kappa shape index (κ1) is 23.0. The van der Waals surface area contributed by atoms with E-state index in [1.54, 1.807) is 29.9 Å². The fraction of sp³-hybridized carbons (Fsp3) is 0.292. The van der Waals surface area contributed by atoms with Crippen LogP contribution in [0.3, 0.4) is 0 Å². The molecule has 3 aromatic heterocycles. The molecule has 4 heterocycles. The second-order valence-corrected chi connectivity index (χ2v) is 9.10. The molecule has 0 bridgehead atoms. The minimum absolute atomic E-state index is 0.227. The molecule has 4 aromatic rings. The summed E-state index contributed by atoms with van der Waals surface area (Å²) in [6.07, 6.45) is 1.45. The molecule has 1 aliphatic rings. The van der Waals surface area contributed by atoms with Crippen LogP contribution >= 0.6 is 11.3 Å². The summed E-state index contributed by atoms with van der Waals surface area (Å²) in [5.41, 5.74) is 0.283. The Labute approximate surface area is 204 Å². The minimum atomic E-state index is -1.04. The van der Waals surface area contributed by atoms with E-state index in [4.69, 9.17) is 14.2 Å². The molecule has 9 nitrogen and oxygen atoms in total. The Hall–Kier alpha value is -3.72. The summed E-state index contributed by atoms with van der Waals surface area (Å²) in [6.45, 7) is 1.18. The van der Waals surface area contributed by atoms with Crippen LogP contribution in [0.25, 0.3) is 21.5 Å². The molecule has 0 spiro atoms. The topological polar surface area (TPSA) is 114 Å². The van der Waals surface area contributed by atoms with Gasteiger partial charge < -0.3 is 29.2 Å². The zero-order valence-electron chi connectivity index (χ0n) is 19.0. The molecule has 180 valence electrons. The maximum Gasteiger partial charge on any atom is 0.149 e. The number of halogens is 1. The summed E-state index contributed by atoms with van der Waals surface area (Å²) in [7, 11) is 3.07. The molecule has 0 amide bonds. The van der Waals surface area contributed by atoms with Gasteiger partial charge in [0.2, 0.25) is 0 Å². The molecular weight excluding hydrogens is 473 g/mol. The number of benzene rings is 1. The molecule has 35 heavy (non-hydrogen) atoms. The van der Waals surface area contributed by atoms with Crippen LogP contribution < -0.4 is 14.8 Å². The van der Waals surface area contributed by atoms with Gasteiger partial charge in [-0.25, -0.2) is 14.4 Å². The average molecular weight is 496 g/mol. The first-order chi connectivity index (χ1) is 17.0. The third-order valence-corrected chi connectivity index (χ3v) is 7.22. The molecule has 2 N–H and O–H groups in total. The van der Waals surface area contributed by atoms with Crippen molar-refractivity contribution in [3.63, 3.8) is 0 Å². The van der Waals surface area contributed by atoms with Gasteiger partial charge in [-0.3, -0.25) is 0 Å². The molecular formula is C24H22FN5O4S. The van der Waals surface area contributed by atoms with Crippen molar-refractivity contribution >= 4 is 28.1 Å². The van der Waals surface area contributed by atoms with Crippen molar-refractivity contribution in [3.8, 4) is 28.1 Å². The Balaban J connectivity index is 1.36. The molecule has 1 aromatic carbocycles. The van der Waals surface area contributed by atoms with E-state index >= 15 is 0 Å². The van der Waals surface area contributed by atoms with Crippen molar-refractivity contribution in [3.05, 3.63) is 53.0 Å². The summed E-state index contributed by atoms with van der Waals surface area (Å²) in [6, 6.07) is 10.3. The van der Waals surface area contributed by atoms with Crippen molar-refractivity contribution < 1.29 is 23.7 Å². The van der Waals surface area contributed by atoms with Gasteiger partial charge in [0, 0.05) is 30.6 Å². The molecule has 0 saturated carbocycles. The maximum absolute atomic E-state index is 14.6. The van der Waals surface area contributed by atoms with Crippen LogP contribution in [0.4, 0.5) is 10.2 Å². The number of hydrogen-bond donors (Lipinski definition) is 2. The standard InChI is InChI=1S/C24H22FN5O4S/c1-32-18-4-3-16(25)22-15(18)7-14(10-26)30(22)6-5-27-21-8-17(28-13-29-21)20-9-19(33-2)23(35-20)24(31)11-34-12-24/h3-4,7-9,13,31H,5-6,11-12H2,1-2H3,(H,27,28,29). The van der Waals surface area contributed by atoms with E-state index in [2.05, 4.69) is 21.4 Å². The second kappa shape index (κ2) is 9.14. The van der Waals surface area contributed by atoms with Gasteiger partial charge in [-0.05, 0) is 18.2 Å². The van der Waals surface area contributed by atoms with Crippen LogP contribution in [0.1, 0.15) is 10.6 Å². The predicted molar refractivity (Wildman–Crippen MR) is 128 cm³/mol. The summed E-state index contributed by atoms with van der Waals surface area (Å²) in [5.74, 6) is 1.24. The van der Waals surface area contributed by atoms with Gasteiger partial charge in [0.05, 0.1) is 48.4 Å². The van der Waals surface area contributed by atoms with Crippen LogP contribution in [0.2, 0.25) is 0 Å². The van der Waals surface area contributed by atoms with Gasteiger partial charge >= 0.3 is 0 Å². The van der Waals surface area contributed by atoms with Crippen molar-refractivity contribution in [2.45, 2.75) is 12.1 Å². The number of aromatic nitrogens is 3. The summed E-state index contributed by atoms with van der Waals surface area (Å²) >= 11 is 1.40. The quantitative estimate of drug-likeness (QED) is 0.382. The molecule has 1 fully saturated rings. The number of nitrogens with one attached hydrogen (secondary N) is 1. The van der Waals surface area contributed by atoms with E-state index in [-0.39, 0.29) is 13.2 Å². The van der Waals surface area contributed by atoms with E-state index in [1.165, 1.54) is 30.8 Å². The molecule has 0 unspecified atom stereocenters. The van der Waals surface area contributed by atoms with E-state index in [0.717, 1.165) is 4.88 Å². The Morgan fingerprint density at radius 1 is 1.23 bits per heavy atom. The van der Waals surface area contributed by atoms with E-state index in [1.807, 2.05) is 6.07 Å². The predicted octanol–water partition coefficient (Wildman–Crippen LogP) is 3.52. The number of aliphatic hydroxyl groups is 1. The Morgan fingerprint density at radius 2 is 2.03 bits per heavy atom. The normalized spacial score (nSPS) is 14.4. The first-order valence-electron chi connectivity index (χ1n) is 10.8. The summed E-state index contributed by atoms with van der Waals surface area (Å²) < 4.78 is 32.2. The van der Waals surface area contributed by atoms with Gasteiger partial charge in [0.25, 0.3) is 0 Å². The van der Waals surface area contributed by atoms with Gasteiger partial charge in [-0.2, -0.15) is 5.26 Å². The van der Waals surface area contributed by atoms with E-state index < -0.39 is 11.4 Å².